The third kappa shape index (κ3) is 6.78. The van der Waals surface area contributed by atoms with E-state index in [4.69, 9.17) is 14.7 Å². The summed E-state index contributed by atoms with van der Waals surface area (Å²) >= 11 is 1.73. The lowest BCUT2D eigenvalue weighted by molar-refractivity contribution is -0.142. The molecule has 164 valence electrons. The van der Waals surface area contributed by atoms with Crippen LogP contribution in [0.1, 0.15) is 50.2 Å². The molecule has 1 aromatic rings. The zero-order valence-corrected chi connectivity index (χ0v) is 20.9. The Bertz CT molecular complexity index is 668. The molecular formula is C20H34IN5O2S. The van der Waals surface area contributed by atoms with E-state index in [0.29, 0.717) is 12.5 Å². The molecule has 0 aliphatic carbocycles. The number of amides is 1. The van der Waals surface area contributed by atoms with Crippen molar-refractivity contribution in [1.29, 1.82) is 0 Å². The van der Waals surface area contributed by atoms with Gasteiger partial charge in [-0.3, -0.25) is 9.79 Å². The van der Waals surface area contributed by atoms with Crippen LogP contribution in [0.5, 0.6) is 0 Å². The molecule has 2 saturated heterocycles. The molecule has 0 aromatic carbocycles. The SMILES string of the molecule is CCNC(=NCCc1csc(C(C)C)n1)N1CCN(C(=O)C2CCCO2)CC1.I. The Morgan fingerprint density at radius 1 is 1.34 bits per heavy atom. The van der Waals surface area contributed by atoms with Crippen LogP contribution in [0.2, 0.25) is 0 Å². The topological polar surface area (TPSA) is 70.1 Å². The molecular weight excluding hydrogens is 501 g/mol. The maximum atomic E-state index is 12.5. The summed E-state index contributed by atoms with van der Waals surface area (Å²) in [4.78, 5) is 26.2. The van der Waals surface area contributed by atoms with Gasteiger partial charge in [0.15, 0.2) is 5.96 Å². The molecule has 1 amide bonds. The molecule has 1 unspecified atom stereocenters. The number of carbonyl (C=O) groups is 1. The first-order chi connectivity index (χ1) is 13.6. The van der Waals surface area contributed by atoms with Gasteiger partial charge in [-0.25, -0.2) is 4.98 Å². The van der Waals surface area contributed by atoms with Crippen LogP contribution in [0.4, 0.5) is 0 Å². The minimum atomic E-state index is -0.220. The van der Waals surface area contributed by atoms with Crippen LogP contribution >= 0.6 is 35.3 Å². The molecule has 3 rings (SSSR count). The van der Waals surface area contributed by atoms with E-state index in [9.17, 15) is 4.79 Å². The van der Waals surface area contributed by atoms with Crippen molar-refractivity contribution < 1.29 is 9.53 Å². The number of ether oxygens (including phenoxy) is 1. The monoisotopic (exact) mass is 535 g/mol. The van der Waals surface area contributed by atoms with Crippen LogP contribution in [0.3, 0.4) is 0 Å². The Morgan fingerprint density at radius 3 is 2.66 bits per heavy atom. The molecule has 0 radical (unpaired) electrons. The zero-order valence-electron chi connectivity index (χ0n) is 17.7. The molecule has 1 aromatic heterocycles. The molecule has 2 aliphatic rings. The van der Waals surface area contributed by atoms with Crippen molar-refractivity contribution >= 4 is 47.2 Å². The smallest absolute Gasteiger partial charge is 0.251 e. The van der Waals surface area contributed by atoms with E-state index in [1.165, 1.54) is 5.01 Å². The Labute approximate surface area is 195 Å². The minimum absolute atomic E-state index is 0. The first-order valence-electron chi connectivity index (χ1n) is 10.5. The summed E-state index contributed by atoms with van der Waals surface area (Å²) in [5.74, 6) is 1.57. The largest absolute Gasteiger partial charge is 0.368 e. The molecule has 2 aliphatic heterocycles. The van der Waals surface area contributed by atoms with Gasteiger partial charge in [-0.15, -0.1) is 35.3 Å². The van der Waals surface area contributed by atoms with E-state index in [1.54, 1.807) is 11.3 Å². The lowest BCUT2D eigenvalue weighted by Crippen LogP contribution is -2.55. The zero-order chi connectivity index (χ0) is 19.9. The highest BCUT2D eigenvalue weighted by atomic mass is 127. The Balaban J connectivity index is 0.00000300. The van der Waals surface area contributed by atoms with Crippen LogP contribution in [0, 0.1) is 0 Å². The van der Waals surface area contributed by atoms with Gasteiger partial charge in [-0.05, 0) is 19.8 Å². The van der Waals surface area contributed by atoms with Crippen LogP contribution in [0.15, 0.2) is 10.4 Å². The summed E-state index contributed by atoms with van der Waals surface area (Å²) in [6.07, 6.45) is 2.49. The third-order valence-corrected chi connectivity index (χ3v) is 6.32. The number of guanidine groups is 1. The van der Waals surface area contributed by atoms with Crippen molar-refractivity contribution in [2.45, 2.75) is 52.1 Å². The average molecular weight is 535 g/mol. The first kappa shape index (κ1) is 24.3. The van der Waals surface area contributed by atoms with E-state index < -0.39 is 0 Å². The van der Waals surface area contributed by atoms with Crippen molar-refractivity contribution in [3.63, 3.8) is 0 Å². The molecule has 1 N–H and O–H groups in total. The van der Waals surface area contributed by atoms with Gasteiger partial charge in [0.2, 0.25) is 0 Å². The predicted molar refractivity (Wildman–Crippen MR) is 128 cm³/mol. The highest BCUT2D eigenvalue weighted by Crippen LogP contribution is 2.19. The van der Waals surface area contributed by atoms with Gasteiger partial charge in [0.1, 0.15) is 6.10 Å². The summed E-state index contributed by atoms with van der Waals surface area (Å²) < 4.78 is 5.55. The third-order valence-electron chi connectivity index (χ3n) is 5.12. The number of thiazole rings is 1. The van der Waals surface area contributed by atoms with Gasteiger partial charge in [-0.1, -0.05) is 13.8 Å². The molecule has 3 heterocycles. The molecule has 2 fully saturated rings. The Kier molecular flexibility index (Phi) is 10.1. The predicted octanol–water partition coefficient (Wildman–Crippen LogP) is 2.72. The van der Waals surface area contributed by atoms with E-state index in [-0.39, 0.29) is 36.0 Å². The van der Waals surface area contributed by atoms with E-state index >= 15 is 0 Å². The summed E-state index contributed by atoms with van der Waals surface area (Å²) in [5, 5.41) is 6.73. The molecule has 0 spiro atoms. The quantitative estimate of drug-likeness (QED) is 0.345. The van der Waals surface area contributed by atoms with E-state index in [0.717, 1.165) is 70.2 Å². The lowest BCUT2D eigenvalue weighted by atomic mass is 10.2. The second kappa shape index (κ2) is 12.0. The van der Waals surface area contributed by atoms with Gasteiger partial charge in [-0.2, -0.15) is 0 Å². The fraction of sp³-hybridized carbons (Fsp3) is 0.750. The highest BCUT2D eigenvalue weighted by Gasteiger charge is 2.30. The number of rotatable bonds is 6. The second-order valence-electron chi connectivity index (χ2n) is 7.63. The molecule has 0 bridgehead atoms. The van der Waals surface area contributed by atoms with Crippen molar-refractivity contribution in [1.82, 2.24) is 20.1 Å². The van der Waals surface area contributed by atoms with E-state index in [2.05, 4.69) is 36.4 Å². The van der Waals surface area contributed by atoms with Crippen LogP contribution in [-0.4, -0.2) is 78.6 Å². The number of halogens is 1. The minimum Gasteiger partial charge on any atom is -0.368 e. The molecule has 1 atom stereocenters. The number of nitrogens with one attached hydrogen (secondary N) is 1. The Hall–Kier alpha value is -0.940. The first-order valence-corrected chi connectivity index (χ1v) is 11.3. The normalized spacial score (nSPS) is 20.1. The lowest BCUT2D eigenvalue weighted by Gasteiger charge is -2.37. The summed E-state index contributed by atoms with van der Waals surface area (Å²) in [6, 6.07) is 0. The fourth-order valence-electron chi connectivity index (χ4n) is 3.52. The standard InChI is InChI=1S/C20H33N5O2S.HI/c1-4-21-20(22-8-7-16-14-28-18(23-16)15(2)3)25-11-9-24(10-12-25)19(26)17-6-5-13-27-17;/h14-15,17H,4-13H2,1-3H3,(H,21,22);1H. The molecule has 0 saturated carbocycles. The number of nitrogens with zero attached hydrogens (tertiary/aromatic N) is 4. The van der Waals surface area contributed by atoms with Gasteiger partial charge in [0.05, 0.1) is 10.7 Å². The van der Waals surface area contributed by atoms with Gasteiger partial charge in [0.25, 0.3) is 5.91 Å². The number of hydrogen-bond donors (Lipinski definition) is 1. The summed E-state index contributed by atoms with van der Waals surface area (Å²) in [5.41, 5.74) is 1.13. The number of carbonyl (C=O) groups excluding carboxylic acids is 1. The van der Waals surface area contributed by atoms with Crippen molar-refractivity contribution in [3.8, 4) is 0 Å². The second-order valence-corrected chi connectivity index (χ2v) is 8.52. The maximum Gasteiger partial charge on any atom is 0.251 e. The summed E-state index contributed by atoms with van der Waals surface area (Å²) in [7, 11) is 0. The number of hydrogen-bond acceptors (Lipinski definition) is 5. The van der Waals surface area contributed by atoms with Crippen LogP contribution in [0.25, 0.3) is 0 Å². The van der Waals surface area contributed by atoms with Crippen molar-refractivity contribution in [2.75, 3.05) is 45.9 Å². The van der Waals surface area contributed by atoms with Crippen LogP contribution in [-0.2, 0) is 16.0 Å². The van der Waals surface area contributed by atoms with Crippen LogP contribution < -0.4 is 5.32 Å². The van der Waals surface area contributed by atoms with Gasteiger partial charge in [0, 0.05) is 63.6 Å². The maximum absolute atomic E-state index is 12.5. The van der Waals surface area contributed by atoms with Crippen molar-refractivity contribution in [2.24, 2.45) is 4.99 Å². The summed E-state index contributed by atoms with van der Waals surface area (Å²) in [6.45, 7) is 11.8. The molecule has 9 heteroatoms. The number of aromatic nitrogens is 1. The molecule has 7 nitrogen and oxygen atoms in total. The fourth-order valence-corrected chi connectivity index (χ4v) is 4.39. The number of piperazine rings is 1. The van der Waals surface area contributed by atoms with Crippen molar-refractivity contribution in [3.05, 3.63) is 16.1 Å². The van der Waals surface area contributed by atoms with E-state index in [1.807, 2.05) is 4.90 Å². The average Bonchev–Trinajstić information content (AvgIpc) is 3.39. The van der Waals surface area contributed by atoms with Gasteiger partial charge < -0.3 is 19.9 Å². The highest BCUT2D eigenvalue weighted by molar-refractivity contribution is 14.0. The Morgan fingerprint density at radius 2 is 2.07 bits per heavy atom. The molecule has 29 heavy (non-hydrogen) atoms. The van der Waals surface area contributed by atoms with Gasteiger partial charge >= 0.3 is 0 Å². The number of aliphatic imine (C=N–C) groups is 1.